The number of rotatable bonds is 6. The minimum atomic E-state index is 0.548. The van der Waals surface area contributed by atoms with Crippen LogP contribution in [0.15, 0.2) is 24.3 Å². The Bertz CT molecular complexity index is 348. The molecular weight excluding hydrogens is 202 g/mol. The molecule has 0 saturated heterocycles. The van der Waals surface area contributed by atoms with E-state index in [0.717, 1.165) is 23.3 Å². The Balaban J connectivity index is 2.62. The van der Waals surface area contributed by atoms with Crippen molar-refractivity contribution in [1.29, 1.82) is 0 Å². The van der Waals surface area contributed by atoms with Gasteiger partial charge in [0.2, 0.25) is 0 Å². The van der Waals surface area contributed by atoms with Crippen LogP contribution in [0, 0.1) is 6.92 Å². The molecule has 0 bridgehead atoms. The zero-order chi connectivity index (χ0) is 11.8. The lowest BCUT2D eigenvalue weighted by Crippen LogP contribution is -1.98. The molecule has 1 rings (SSSR count). The third kappa shape index (κ3) is 4.04. The second-order valence-corrected chi connectivity index (χ2v) is 3.52. The van der Waals surface area contributed by atoms with Crippen LogP contribution in [0.4, 0.5) is 0 Å². The van der Waals surface area contributed by atoms with E-state index >= 15 is 0 Å². The summed E-state index contributed by atoms with van der Waals surface area (Å²) in [7, 11) is 0. The molecule has 1 aromatic carbocycles. The Morgan fingerprint density at radius 2 is 2.19 bits per heavy atom. The SMILES string of the molecule is CCOc1ccc(/C=C/CCON)cc1C. The van der Waals surface area contributed by atoms with Gasteiger partial charge in [0, 0.05) is 0 Å². The molecule has 0 saturated carbocycles. The number of hydrogen-bond donors (Lipinski definition) is 1. The quantitative estimate of drug-likeness (QED) is 0.593. The Labute approximate surface area is 96.8 Å². The molecule has 0 fully saturated rings. The van der Waals surface area contributed by atoms with Gasteiger partial charge in [-0.15, -0.1) is 0 Å². The number of aryl methyl sites for hydroxylation is 1. The highest BCUT2D eigenvalue weighted by Gasteiger charge is 1.98. The van der Waals surface area contributed by atoms with Crippen LogP contribution in [0.3, 0.4) is 0 Å². The number of hydrogen-bond acceptors (Lipinski definition) is 3. The molecule has 0 radical (unpaired) electrons. The van der Waals surface area contributed by atoms with E-state index < -0.39 is 0 Å². The normalized spacial score (nSPS) is 10.9. The van der Waals surface area contributed by atoms with Gasteiger partial charge in [-0.1, -0.05) is 18.2 Å². The summed E-state index contributed by atoms with van der Waals surface area (Å²) >= 11 is 0. The standard InChI is InChI=1S/C13H19NO2/c1-3-15-13-8-7-12(10-11(13)2)6-4-5-9-16-14/h4,6-8,10H,3,5,9,14H2,1-2H3/b6-4+. The maximum Gasteiger partial charge on any atom is 0.122 e. The van der Waals surface area contributed by atoms with E-state index in [1.165, 1.54) is 0 Å². The van der Waals surface area contributed by atoms with Gasteiger partial charge in [-0.2, -0.15) is 0 Å². The van der Waals surface area contributed by atoms with E-state index in [-0.39, 0.29) is 0 Å². The molecule has 0 heterocycles. The van der Waals surface area contributed by atoms with Crippen LogP contribution < -0.4 is 10.6 Å². The van der Waals surface area contributed by atoms with E-state index in [1.54, 1.807) is 0 Å². The first-order chi connectivity index (χ1) is 7.77. The zero-order valence-corrected chi connectivity index (χ0v) is 9.90. The van der Waals surface area contributed by atoms with Gasteiger partial charge in [0.25, 0.3) is 0 Å². The zero-order valence-electron chi connectivity index (χ0n) is 9.90. The molecule has 0 aliphatic heterocycles. The number of nitrogens with two attached hydrogens (primary N) is 1. The second-order valence-electron chi connectivity index (χ2n) is 3.52. The van der Waals surface area contributed by atoms with E-state index in [9.17, 15) is 0 Å². The van der Waals surface area contributed by atoms with Crippen molar-refractivity contribution in [1.82, 2.24) is 0 Å². The van der Waals surface area contributed by atoms with Gasteiger partial charge in [0.1, 0.15) is 5.75 Å². The average molecular weight is 221 g/mol. The van der Waals surface area contributed by atoms with Gasteiger partial charge in [-0.25, -0.2) is 5.90 Å². The van der Waals surface area contributed by atoms with Crippen molar-refractivity contribution in [2.45, 2.75) is 20.3 Å². The summed E-state index contributed by atoms with van der Waals surface area (Å²) < 4.78 is 5.47. The summed E-state index contributed by atoms with van der Waals surface area (Å²) in [6.07, 6.45) is 4.92. The molecule has 88 valence electrons. The average Bonchev–Trinajstić information content (AvgIpc) is 2.28. The molecule has 16 heavy (non-hydrogen) atoms. The lowest BCUT2D eigenvalue weighted by molar-refractivity contribution is 0.143. The molecule has 3 nitrogen and oxygen atoms in total. The highest BCUT2D eigenvalue weighted by Crippen LogP contribution is 2.19. The van der Waals surface area contributed by atoms with Crippen LogP contribution in [0.5, 0.6) is 5.75 Å². The Morgan fingerprint density at radius 3 is 2.81 bits per heavy atom. The highest BCUT2D eigenvalue weighted by atomic mass is 16.6. The molecule has 0 amide bonds. The fraction of sp³-hybridized carbons (Fsp3) is 0.385. The molecule has 0 aromatic heterocycles. The molecule has 0 atom stereocenters. The summed E-state index contributed by atoms with van der Waals surface area (Å²) in [5.74, 6) is 5.88. The van der Waals surface area contributed by atoms with Gasteiger partial charge in [-0.3, -0.25) is 0 Å². The largest absolute Gasteiger partial charge is 0.494 e. The monoisotopic (exact) mass is 221 g/mol. The van der Waals surface area contributed by atoms with E-state index in [1.807, 2.05) is 32.1 Å². The molecule has 0 aliphatic carbocycles. The summed E-state index contributed by atoms with van der Waals surface area (Å²) in [6, 6.07) is 6.14. The molecule has 1 aromatic rings. The van der Waals surface area contributed by atoms with Crippen LogP contribution >= 0.6 is 0 Å². The Kier molecular flexibility index (Phi) is 5.61. The summed E-state index contributed by atoms with van der Waals surface area (Å²) in [4.78, 5) is 4.48. The minimum absolute atomic E-state index is 0.548. The third-order valence-electron chi connectivity index (χ3n) is 2.21. The fourth-order valence-electron chi connectivity index (χ4n) is 1.45. The second kappa shape index (κ2) is 7.04. The first kappa shape index (κ1) is 12.7. The lowest BCUT2D eigenvalue weighted by atomic mass is 10.1. The first-order valence-corrected chi connectivity index (χ1v) is 5.49. The highest BCUT2D eigenvalue weighted by molar-refractivity contribution is 5.53. The van der Waals surface area contributed by atoms with Crippen molar-refractivity contribution in [3.63, 3.8) is 0 Å². The Hall–Kier alpha value is -1.32. The van der Waals surface area contributed by atoms with Crippen LogP contribution in [0.25, 0.3) is 6.08 Å². The lowest BCUT2D eigenvalue weighted by Gasteiger charge is -2.07. The van der Waals surface area contributed by atoms with E-state index in [2.05, 4.69) is 17.0 Å². The van der Waals surface area contributed by atoms with Crippen molar-refractivity contribution >= 4 is 6.08 Å². The predicted octanol–water partition coefficient (Wildman–Crippen LogP) is 2.69. The van der Waals surface area contributed by atoms with Crippen molar-refractivity contribution in [2.75, 3.05) is 13.2 Å². The topological polar surface area (TPSA) is 44.5 Å². The van der Waals surface area contributed by atoms with Gasteiger partial charge in [-0.05, 0) is 43.5 Å². The number of benzene rings is 1. The van der Waals surface area contributed by atoms with Crippen LogP contribution in [-0.4, -0.2) is 13.2 Å². The van der Waals surface area contributed by atoms with Gasteiger partial charge < -0.3 is 9.57 Å². The van der Waals surface area contributed by atoms with Gasteiger partial charge in [0.05, 0.1) is 13.2 Å². The summed E-state index contributed by atoms with van der Waals surface area (Å²) in [6.45, 7) is 5.28. The third-order valence-corrected chi connectivity index (χ3v) is 2.21. The molecule has 3 heteroatoms. The van der Waals surface area contributed by atoms with Gasteiger partial charge >= 0.3 is 0 Å². The van der Waals surface area contributed by atoms with E-state index in [4.69, 9.17) is 10.6 Å². The van der Waals surface area contributed by atoms with E-state index in [0.29, 0.717) is 13.2 Å². The fourth-order valence-corrected chi connectivity index (χ4v) is 1.45. The van der Waals surface area contributed by atoms with Crippen molar-refractivity contribution < 1.29 is 9.57 Å². The summed E-state index contributed by atoms with van der Waals surface area (Å²) in [5, 5.41) is 0. The number of ether oxygens (including phenoxy) is 1. The van der Waals surface area contributed by atoms with Crippen molar-refractivity contribution in [3.05, 3.63) is 35.4 Å². The minimum Gasteiger partial charge on any atom is -0.494 e. The van der Waals surface area contributed by atoms with Crippen LogP contribution in [0.2, 0.25) is 0 Å². The van der Waals surface area contributed by atoms with Crippen LogP contribution in [0.1, 0.15) is 24.5 Å². The smallest absolute Gasteiger partial charge is 0.122 e. The maximum atomic E-state index is 5.47. The molecule has 0 unspecified atom stereocenters. The van der Waals surface area contributed by atoms with Crippen LogP contribution in [-0.2, 0) is 4.84 Å². The Morgan fingerprint density at radius 1 is 1.38 bits per heavy atom. The first-order valence-electron chi connectivity index (χ1n) is 5.49. The molecule has 0 spiro atoms. The van der Waals surface area contributed by atoms with Crippen molar-refractivity contribution in [3.8, 4) is 5.75 Å². The summed E-state index contributed by atoms with van der Waals surface area (Å²) in [5.41, 5.74) is 2.32. The maximum absolute atomic E-state index is 5.47. The molecular formula is C13H19NO2. The van der Waals surface area contributed by atoms with Crippen molar-refractivity contribution in [2.24, 2.45) is 5.90 Å². The predicted molar refractivity (Wildman–Crippen MR) is 66.1 cm³/mol. The van der Waals surface area contributed by atoms with Gasteiger partial charge in [0.15, 0.2) is 0 Å². The molecule has 0 aliphatic rings. The molecule has 2 N–H and O–H groups in total.